The smallest absolute Gasteiger partial charge is 0.251 e. The van der Waals surface area contributed by atoms with Crippen molar-refractivity contribution in [2.45, 2.75) is 25.8 Å². The minimum atomic E-state index is -0.0588. The maximum absolute atomic E-state index is 12.4. The monoisotopic (exact) mass is 382 g/mol. The predicted octanol–water partition coefficient (Wildman–Crippen LogP) is 4.08. The quantitative estimate of drug-likeness (QED) is 0.810. The van der Waals surface area contributed by atoms with Crippen molar-refractivity contribution in [3.63, 3.8) is 0 Å². The van der Waals surface area contributed by atoms with Crippen molar-refractivity contribution in [3.8, 4) is 0 Å². The zero-order valence-corrected chi connectivity index (χ0v) is 16.1. The van der Waals surface area contributed by atoms with E-state index in [1.807, 2.05) is 48.2 Å². The summed E-state index contributed by atoms with van der Waals surface area (Å²) in [5.41, 5.74) is 2.58. The van der Waals surface area contributed by atoms with Crippen LogP contribution >= 0.6 is 11.6 Å². The Morgan fingerprint density at radius 1 is 1.11 bits per heavy atom. The molecule has 1 fully saturated rings. The van der Waals surface area contributed by atoms with Gasteiger partial charge in [0.1, 0.15) is 0 Å². The first-order valence-corrected chi connectivity index (χ1v) is 9.50. The Morgan fingerprint density at radius 3 is 2.48 bits per heavy atom. The standard InChI is InChI=1S/C22H23ClN2O2/c1-16-7-8-17(15-20(16)23)9-10-21(26)25-13-11-19(12-14-25)24-22(27)18-5-3-2-4-6-18/h2-10,15,19H,11-14H2,1H3,(H,24,27)/b10-9+. The van der Waals surface area contributed by atoms with Gasteiger partial charge in [-0.05, 0) is 55.2 Å². The van der Waals surface area contributed by atoms with E-state index in [1.54, 1.807) is 24.3 Å². The van der Waals surface area contributed by atoms with Gasteiger partial charge >= 0.3 is 0 Å². The second-order valence-electron chi connectivity index (χ2n) is 6.78. The molecule has 1 heterocycles. The fraction of sp³-hybridized carbons (Fsp3) is 0.273. The lowest BCUT2D eigenvalue weighted by molar-refractivity contribution is -0.126. The third-order valence-electron chi connectivity index (χ3n) is 4.79. The van der Waals surface area contributed by atoms with Gasteiger partial charge in [0.15, 0.2) is 0 Å². The van der Waals surface area contributed by atoms with Crippen molar-refractivity contribution < 1.29 is 9.59 Å². The first-order valence-electron chi connectivity index (χ1n) is 9.12. The highest BCUT2D eigenvalue weighted by molar-refractivity contribution is 6.31. The Bertz CT molecular complexity index is 841. The van der Waals surface area contributed by atoms with E-state index in [2.05, 4.69) is 5.32 Å². The molecule has 2 aromatic rings. The number of benzene rings is 2. The molecule has 0 aliphatic carbocycles. The molecular formula is C22H23ClN2O2. The van der Waals surface area contributed by atoms with Gasteiger partial charge in [-0.3, -0.25) is 9.59 Å². The van der Waals surface area contributed by atoms with Crippen LogP contribution in [0.5, 0.6) is 0 Å². The number of carbonyl (C=O) groups excluding carboxylic acids is 2. The summed E-state index contributed by atoms with van der Waals surface area (Å²) >= 11 is 6.12. The molecule has 1 N–H and O–H groups in total. The van der Waals surface area contributed by atoms with Crippen LogP contribution in [-0.2, 0) is 4.79 Å². The maximum atomic E-state index is 12.4. The zero-order valence-electron chi connectivity index (χ0n) is 15.3. The Labute approximate surface area is 164 Å². The van der Waals surface area contributed by atoms with E-state index in [9.17, 15) is 9.59 Å². The summed E-state index contributed by atoms with van der Waals surface area (Å²) in [5, 5.41) is 3.75. The Balaban J connectivity index is 1.49. The third-order valence-corrected chi connectivity index (χ3v) is 5.20. The summed E-state index contributed by atoms with van der Waals surface area (Å²) in [6.45, 7) is 3.22. The SMILES string of the molecule is Cc1ccc(/C=C/C(=O)N2CCC(NC(=O)c3ccccc3)CC2)cc1Cl. The molecule has 1 aliphatic heterocycles. The fourth-order valence-electron chi connectivity index (χ4n) is 3.09. The summed E-state index contributed by atoms with van der Waals surface area (Å²) in [5.74, 6) is -0.0731. The number of nitrogens with zero attached hydrogens (tertiary/aromatic N) is 1. The van der Waals surface area contributed by atoms with E-state index >= 15 is 0 Å². The van der Waals surface area contributed by atoms with Crippen molar-refractivity contribution in [2.24, 2.45) is 0 Å². The van der Waals surface area contributed by atoms with Crippen LogP contribution in [-0.4, -0.2) is 35.8 Å². The number of amides is 2. The molecule has 0 spiro atoms. The van der Waals surface area contributed by atoms with E-state index in [0.717, 1.165) is 24.0 Å². The largest absolute Gasteiger partial charge is 0.349 e. The first kappa shape index (κ1) is 19.2. The third kappa shape index (κ3) is 5.20. The number of halogens is 1. The van der Waals surface area contributed by atoms with Crippen LogP contribution < -0.4 is 5.32 Å². The van der Waals surface area contributed by atoms with Crippen LogP contribution in [0.1, 0.15) is 34.3 Å². The van der Waals surface area contributed by atoms with Gasteiger partial charge in [0, 0.05) is 35.8 Å². The molecule has 1 saturated heterocycles. The molecule has 27 heavy (non-hydrogen) atoms. The molecule has 5 heteroatoms. The van der Waals surface area contributed by atoms with Gasteiger partial charge in [-0.2, -0.15) is 0 Å². The zero-order chi connectivity index (χ0) is 19.2. The minimum absolute atomic E-state index is 0.0143. The summed E-state index contributed by atoms with van der Waals surface area (Å²) in [4.78, 5) is 26.4. The number of carbonyl (C=O) groups is 2. The number of rotatable bonds is 4. The van der Waals surface area contributed by atoms with E-state index in [0.29, 0.717) is 23.7 Å². The molecule has 4 nitrogen and oxygen atoms in total. The molecule has 0 radical (unpaired) electrons. The van der Waals surface area contributed by atoms with E-state index in [1.165, 1.54) is 0 Å². The molecule has 1 aliphatic rings. The van der Waals surface area contributed by atoms with Gasteiger partial charge in [0.2, 0.25) is 5.91 Å². The first-order chi connectivity index (χ1) is 13.0. The number of nitrogens with one attached hydrogen (secondary N) is 1. The van der Waals surface area contributed by atoms with E-state index < -0.39 is 0 Å². The van der Waals surface area contributed by atoms with Crippen LogP contribution in [0.2, 0.25) is 5.02 Å². The average Bonchev–Trinajstić information content (AvgIpc) is 2.70. The summed E-state index contributed by atoms with van der Waals surface area (Å²) in [7, 11) is 0. The molecule has 0 bridgehead atoms. The molecule has 0 atom stereocenters. The van der Waals surface area contributed by atoms with Crippen LogP contribution in [0.3, 0.4) is 0 Å². The molecular weight excluding hydrogens is 360 g/mol. The molecule has 2 aromatic carbocycles. The van der Waals surface area contributed by atoms with Crippen LogP contribution in [0.15, 0.2) is 54.6 Å². The van der Waals surface area contributed by atoms with Gasteiger partial charge in [-0.1, -0.05) is 41.9 Å². The summed E-state index contributed by atoms with van der Waals surface area (Å²) < 4.78 is 0. The lowest BCUT2D eigenvalue weighted by atomic mass is 10.0. The van der Waals surface area contributed by atoms with Gasteiger partial charge in [-0.25, -0.2) is 0 Å². The van der Waals surface area contributed by atoms with Crippen LogP contribution in [0.25, 0.3) is 6.08 Å². The summed E-state index contributed by atoms with van der Waals surface area (Å²) in [6, 6.07) is 15.0. The number of hydrogen-bond acceptors (Lipinski definition) is 2. The van der Waals surface area contributed by atoms with Crippen molar-refractivity contribution in [3.05, 3.63) is 76.3 Å². The lowest BCUT2D eigenvalue weighted by Gasteiger charge is -2.31. The van der Waals surface area contributed by atoms with Gasteiger partial charge < -0.3 is 10.2 Å². The Hall–Kier alpha value is -2.59. The van der Waals surface area contributed by atoms with Crippen molar-refractivity contribution in [2.75, 3.05) is 13.1 Å². The predicted molar refractivity (Wildman–Crippen MR) is 109 cm³/mol. The fourth-order valence-corrected chi connectivity index (χ4v) is 3.28. The van der Waals surface area contributed by atoms with Gasteiger partial charge in [0.25, 0.3) is 5.91 Å². The van der Waals surface area contributed by atoms with E-state index in [-0.39, 0.29) is 17.9 Å². The molecule has 3 rings (SSSR count). The van der Waals surface area contributed by atoms with Crippen molar-refractivity contribution >= 4 is 29.5 Å². The van der Waals surface area contributed by atoms with Gasteiger partial charge in [0.05, 0.1) is 0 Å². The highest BCUT2D eigenvalue weighted by atomic mass is 35.5. The number of hydrogen-bond donors (Lipinski definition) is 1. The summed E-state index contributed by atoms with van der Waals surface area (Å²) in [6.07, 6.45) is 4.89. The highest BCUT2D eigenvalue weighted by Crippen LogP contribution is 2.18. The average molecular weight is 383 g/mol. The number of aryl methyl sites for hydroxylation is 1. The molecule has 2 amide bonds. The van der Waals surface area contributed by atoms with Crippen LogP contribution in [0, 0.1) is 6.92 Å². The topological polar surface area (TPSA) is 49.4 Å². The Morgan fingerprint density at radius 2 is 1.81 bits per heavy atom. The normalized spacial score (nSPS) is 15.1. The second kappa shape index (κ2) is 8.87. The maximum Gasteiger partial charge on any atom is 0.251 e. The lowest BCUT2D eigenvalue weighted by Crippen LogP contribution is -2.46. The van der Waals surface area contributed by atoms with Crippen LogP contribution in [0.4, 0.5) is 0 Å². The van der Waals surface area contributed by atoms with Crippen molar-refractivity contribution in [1.29, 1.82) is 0 Å². The van der Waals surface area contributed by atoms with E-state index in [4.69, 9.17) is 11.6 Å². The highest BCUT2D eigenvalue weighted by Gasteiger charge is 2.23. The second-order valence-corrected chi connectivity index (χ2v) is 7.19. The van der Waals surface area contributed by atoms with Gasteiger partial charge in [-0.15, -0.1) is 0 Å². The molecule has 140 valence electrons. The molecule has 0 unspecified atom stereocenters. The minimum Gasteiger partial charge on any atom is -0.349 e. The number of likely N-dealkylation sites (tertiary alicyclic amines) is 1. The Kier molecular flexibility index (Phi) is 6.30. The number of piperidine rings is 1. The molecule has 0 aromatic heterocycles. The van der Waals surface area contributed by atoms with Crippen molar-refractivity contribution in [1.82, 2.24) is 10.2 Å². The molecule has 0 saturated carbocycles.